The number of anilines is 1. The summed E-state index contributed by atoms with van der Waals surface area (Å²) in [5.74, 6) is 3.21. The van der Waals surface area contributed by atoms with Gasteiger partial charge in [0.1, 0.15) is 12.4 Å². The average molecular weight is 412 g/mol. The maximum atomic E-state index is 6.17. The van der Waals surface area contributed by atoms with E-state index < -0.39 is 0 Å². The van der Waals surface area contributed by atoms with Gasteiger partial charge in [0.05, 0.1) is 12.1 Å². The molecule has 0 bridgehead atoms. The molecule has 31 heavy (non-hydrogen) atoms. The molecule has 0 unspecified atom stereocenters. The Bertz CT molecular complexity index is 1210. The first kappa shape index (κ1) is 19.4. The van der Waals surface area contributed by atoms with Crippen molar-refractivity contribution in [3.8, 4) is 22.9 Å². The smallest absolute Gasteiger partial charge is 0.162 e. The molecule has 0 amide bonds. The number of hydrogen-bond acceptors (Lipinski definition) is 5. The van der Waals surface area contributed by atoms with Crippen molar-refractivity contribution in [1.29, 1.82) is 0 Å². The molecule has 5 rings (SSSR count). The van der Waals surface area contributed by atoms with Crippen LogP contribution < -0.4 is 14.4 Å². The first-order chi connectivity index (χ1) is 15.2. The van der Waals surface area contributed by atoms with Gasteiger partial charge in [0, 0.05) is 18.0 Å². The minimum absolute atomic E-state index is 0.0825. The third-order valence-electron chi connectivity index (χ3n) is 5.61. The summed E-state index contributed by atoms with van der Waals surface area (Å²) in [5.41, 5.74) is 3.25. The highest BCUT2D eigenvalue weighted by atomic mass is 16.6. The number of likely N-dealkylation sites (N-methyl/N-ethyl adjacent to an activating group) is 1. The van der Waals surface area contributed by atoms with Gasteiger partial charge in [-0.3, -0.25) is 0 Å². The second-order valence-corrected chi connectivity index (χ2v) is 7.82. The SMILES string of the molecule is CCc1ccc(-c2nc(N(C)C[C@H]3COc4ccccc4O3)c3ccccc3n2)cc1. The number of hydrogen-bond donors (Lipinski definition) is 0. The van der Waals surface area contributed by atoms with Crippen LogP contribution in [0.4, 0.5) is 5.82 Å². The van der Waals surface area contributed by atoms with Crippen LogP contribution in [0.3, 0.4) is 0 Å². The molecule has 1 aliphatic rings. The van der Waals surface area contributed by atoms with Crippen LogP contribution in [0.2, 0.25) is 0 Å². The predicted molar refractivity (Wildman–Crippen MR) is 124 cm³/mol. The lowest BCUT2D eigenvalue weighted by Crippen LogP contribution is -2.39. The van der Waals surface area contributed by atoms with Crippen molar-refractivity contribution in [2.75, 3.05) is 25.1 Å². The molecule has 2 heterocycles. The Labute approximate surface area is 182 Å². The van der Waals surface area contributed by atoms with Gasteiger partial charge in [-0.1, -0.05) is 55.5 Å². The monoisotopic (exact) mass is 411 g/mol. The number of rotatable bonds is 5. The van der Waals surface area contributed by atoms with Gasteiger partial charge in [0.15, 0.2) is 23.4 Å². The van der Waals surface area contributed by atoms with Gasteiger partial charge in [-0.05, 0) is 36.2 Å². The summed E-state index contributed by atoms with van der Waals surface area (Å²) in [7, 11) is 2.04. The molecule has 0 saturated carbocycles. The topological polar surface area (TPSA) is 47.5 Å². The van der Waals surface area contributed by atoms with E-state index in [0.717, 1.165) is 46.0 Å². The van der Waals surface area contributed by atoms with Gasteiger partial charge >= 0.3 is 0 Å². The van der Waals surface area contributed by atoms with Crippen molar-refractivity contribution in [3.05, 3.63) is 78.4 Å². The number of nitrogens with zero attached hydrogens (tertiary/aromatic N) is 3. The van der Waals surface area contributed by atoms with Crippen molar-refractivity contribution in [2.45, 2.75) is 19.4 Å². The number of fused-ring (bicyclic) bond motifs is 2. The lowest BCUT2D eigenvalue weighted by atomic mass is 10.1. The van der Waals surface area contributed by atoms with Crippen LogP contribution in [-0.2, 0) is 6.42 Å². The molecule has 4 aromatic rings. The van der Waals surface area contributed by atoms with E-state index >= 15 is 0 Å². The van der Waals surface area contributed by atoms with E-state index in [1.54, 1.807) is 0 Å². The van der Waals surface area contributed by atoms with Crippen LogP contribution in [0.15, 0.2) is 72.8 Å². The van der Waals surface area contributed by atoms with Crippen molar-refractivity contribution in [3.63, 3.8) is 0 Å². The fourth-order valence-corrected chi connectivity index (χ4v) is 3.91. The maximum Gasteiger partial charge on any atom is 0.162 e. The molecule has 0 N–H and O–H groups in total. The van der Waals surface area contributed by atoms with Crippen LogP contribution in [0.25, 0.3) is 22.3 Å². The molecule has 0 aliphatic carbocycles. The Morgan fingerprint density at radius 3 is 2.45 bits per heavy atom. The van der Waals surface area contributed by atoms with Crippen molar-refractivity contribution in [1.82, 2.24) is 9.97 Å². The summed E-state index contributed by atoms with van der Waals surface area (Å²) in [5, 5.41) is 1.02. The summed E-state index contributed by atoms with van der Waals surface area (Å²) in [6, 6.07) is 24.4. The fraction of sp³-hybridized carbons (Fsp3) is 0.231. The highest BCUT2D eigenvalue weighted by Gasteiger charge is 2.23. The minimum atomic E-state index is -0.0825. The number of aromatic nitrogens is 2. The zero-order valence-corrected chi connectivity index (χ0v) is 17.8. The quantitative estimate of drug-likeness (QED) is 0.455. The largest absolute Gasteiger partial charge is 0.486 e. The van der Waals surface area contributed by atoms with Crippen LogP contribution in [0.1, 0.15) is 12.5 Å². The van der Waals surface area contributed by atoms with Gasteiger partial charge < -0.3 is 14.4 Å². The van der Waals surface area contributed by atoms with E-state index in [0.29, 0.717) is 13.2 Å². The van der Waals surface area contributed by atoms with Gasteiger partial charge in [0.2, 0.25) is 0 Å². The minimum Gasteiger partial charge on any atom is -0.486 e. The predicted octanol–water partition coefficient (Wildman–Crippen LogP) is 5.14. The first-order valence-electron chi connectivity index (χ1n) is 10.7. The fourth-order valence-electron chi connectivity index (χ4n) is 3.91. The molecule has 3 aromatic carbocycles. The Morgan fingerprint density at radius 1 is 0.903 bits per heavy atom. The molecule has 1 aliphatic heterocycles. The van der Waals surface area contributed by atoms with E-state index in [-0.39, 0.29) is 6.10 Å². The van der Waals surface area contributed by atoms with Crippen molar-refractivity contribution in [2.24, 2.45) is 0 Å². The van der Waals surface area contributed by atoms with Gasteiger partial charge in [-0.15, -0.1) is 0 Å². The summed E-state index contributed by atoms with van der Waals surface area (Å²) < 4.78 is 12.1. The second-order valence-electron chi connectivity index (χ2n) is 7.82. The molecule has 1 aromatic heterocycles. The van der Waals surface area contributed by atoms with Crippen LogP contribution >= 0.6 is 0 Å². The third-order valence-corrected chi connectivity index (χ3v) is 5.61. The summed E-state index contributed by atoms with van der Waals surface area (Å²) in [6.45, 7) is 3.32. The molecular formula is C26H25N3O2. The summed E-state index contributed by atoms with van der Waals surface area (Å²) >= 11 is 0. The number of aryl methyl sites for hydroxylation is 1. The van der Waals surface area contributed by atoms with Gasteiger partial charge in [0.25, 0.3) is 0 Å². The lowest BCUT2D eigenvalue weighted by molar-refractivity contribution is 0.0960. The van der Waals surface area contributed by atoms with Crippen LogP contribution in [-0.4, -0.2) is 36.3 Å². The van der Waals surface area contributed by atoms with E-state index in [9.17, 15) is 0 Å². The molecule has 156 valence electrons. The Balaban J connectivity index is 1.46. The summed E-state index contributed by atoms with van der Waals surface area (Å²) in [6.07, 6.45) is 0.931. The van der Waals surface area contributed by atoms with Gasteiger partial charge in [-0.2, -0.15) is 0 Å². The second kappa shape index (κ2) is 8.26. The molecule has 1 atom stereocenters. The maximum absolute atomic E-state index is 6.17. The molecule has 0 radical (unpaired) electrons. The van der Waals surface area contributed by atoms with E-state index in [2.05, 4.69) is 42.2 Å². The molecular weight excluding hydrogens is 386 g/mol. The molecule has 5 heteroatoms. The molecule has 0 saturated heterocycles. The normalized spacial score (nSPS) is 15.1. The van der Waals surface area contributed by atoms with Crippen LogP contribution in [0, 0.1) is 0 Å². The Hall–Kier alpha value is -3.60. The zero-order valence-electron chi connectivity index (χ0n) is 17.8. The standard InChI is InChI=1S/C26H25N3O2/c1-3-18-12-14-19(15-13-18)25-27-22-9-5-4-8-21(22)26(28-25)29(2)16-20-17-30-23-10-6-7-11-24(23)31-20/h4-15,20H,3,16-17H2,1-2H3/t20-/m0/s1. The number of ether oxygens (including phenoxy) is 2. The Kier molecular flexibility index (Phi) is 5.16. The van der Waals surface area contributed by atoms with Crippen molar-refractivity contribution < 1.29 is 9.47 Å². The van der Waals surface area contributed by atoms with E-state index in [1.165, 1.54) is 5.56 Å². The number of para-hydroxylation sites is 3. The highest BCUT2D eigenvalue weighted by Crippen LogP contribution is 2.32. The van der Waals surface area contributed by atoms with E-state index in [1.807, 2.05) is 49.5 Å². The van der Waals surface area contributed by atoms with Crippen LogP contribution in [0.5, 0.6) is 11.5 Å². The zero-order chi connectivity index (χ0) is 21.2. The highest BCUT2D eigenvalue weighted by molar-refractivity contribution is 5.91. The Morgan fingerprint density at radius 2 is 1.65 bits per heavy atom. The summed E-state index contributed by atoms with van der Waals surface area (Å²) in [4.78, 5) is 11.9. The lowest BCUT2D eigenvalue weighted by Gasteiger charge is -2.30. The average Bonchev–Trinajstić information content (AvgIpc) is 2.83. The van der Waals surface area contributed by atoms with Crippen molar-refractivity contribution >= 4 is 16.7 Å². The number of benzene rings is 3. The molecule has 5 nitrogen and oxygen atoms in total. The molecule has 0 spiro atoms. The molecule has 0 fully saturated rings. The van der Waals surface area contributed by atoms with Gasteiger partial charge in [-0.25, -0.2) is 9.97 Å². The third kappa shape index (κ3) is 3.91. The first-order valence-corrected chi connectivity index (χ1v) is 10.7. The van der Waals surface area contributed by atoms with E-state index in [4.69, 9.17) is 19.4 Å².